The highest BCUT2D eigenvalue weighted by Crippen LogP contribution is 2.13. The fourth-order valence-corrected chi connectivity index (χ4v) is 1.89. The number of nitrogens with zero attached hydrogens (tertiary/aromatic N) is 1. The number of hydrogen-bond acceptors (Lipinski definition) is 4. The van der Waals surface area contributed by atoms with Crippen molar-refractivity contribution in [2.75, 3.05) is 26.2 Å². The molecule has 1 aliphatic rings. The number of nitrogens with two attached hydrogens (primary N) is 1. The topological polar surface area (TPSA) is 75.8 Å². The van der Waals surface area contributed by atoms with Gasteiger partial charge in [-0.2, -0.15) is 0 Å². The van der Waals surface area contributed by atoms with Crippen LogP contribution < -0.4 is 5.73 Å². The monoisotopic (exact) mass is 216 g/mol. The van der Waals surface area contributed by atoms with E-state index >= 15 is 0 Å². The Morgan fingerprint density at radius 1 is 1.73 bits per heavy atom. The SMILES string of the molecule is CCC1CN(C(CCN)C(=O)O)CCO1. The van der Waals surface area contributed by atoms with Crippen molar-refractivity contribution in [3.63, 3.8) is 0 Å². The zero-order chi connectivity index (χ0) is 11.3. The molecule has 0 saturated carbocycles. The van der Waals surface area contributed by atoms with E-state index in [2.05, 4.69) is 0 Å². The molecule has 88 valence electrons. The van der Waals surface area contributed by atoms with Crippen LogP contribution in [0, 0.1) is 0 Å². The summed E-state index contributed by atoms with van der Waals surface area (Å²) in [5.74, 6) is -0.780. The molecule has 1 fully saturated rings. The summed E-state index contributed by atoms with van der Waals surface area (Å²) in [5.41, 5.74) is 5.42. The highest BCUT2D eigenvalue weighted by molar-refractivity contribution is 5.73. The molecule has 2 unspecified atom stereocenters. The van der Waals surface area contributed by atoms with Crippen molar-refractivity contribution in [1.82, 2.24) is 4.90 Å². The summed E-state index contributed by atoms with van der Waals surface area (Å²) in [6.07, 6.45) is 1.59. The molecule has 1 aliphatic heterocycles. The predicted octanol–water partition coefficient (Wildman–Crippen LogP) is -0.101. The number of rotatable bonds is 5. The molecule has 5 nitrogen and oxygen atoms in total. The van der Waals surface area contributed by atoms with E-state index in [1.807, 2.05) is 11.8 Å². The molecule has 0 aliphatic carbocycles. The van der Waals surface area contributed by atoms with Crippen molar-refractivity contribution in [3.05, 3.63) is 0 Å². The molecule has 0 amide bonds. The van der Waals surface area contributed by atoms with E-state index in [1.54, 1.807) is 0 Å². The Balaban J connectivity index is 2.54. The van der Waals surface area contributed by atoms with Gasteiger partial charge >= 0.3 is 5.97 Å². The maximum absolute atomic E-state index is 11.0. The molecule has 0 bridgehead atoms. The van der Waals surface area contributed by atoms with Crippen molar-refractivity contribution in [3.8, 4) is 0 Å². The lowest BCUT2D eigenvalue weighted by atomic mass is 10.1. The minimum Gasteiger partial charge on any atom is -0.480 e. The normalized spacial score (nSPS) is 25.1. The summed E-state index contributed by atoms with van der Waals surface area (Å²) >= 11 is 0. The van der Waals surface area contributed by atoms with Crippen LogP contribution in [0.4, 0.5) is 0 Å². The maximum atomic E-state index is 11.0. The summed E-state index contributed by atoms with van der Waals surface area (Å²) in [6.45, 7) is 4.46. The molecule has 0 aromatic carbocycles. The maximum Gasteiger partial charge on any atom is 0.320 e. The number of carbonyl (C=O) groups is 1. The fraction of sp³-hybridized carbons (Fsp3) is 0.900. The molecular formula is C10H20N2O3. The van der Waals surface area contributed by atoms with Crippen molar-refractivity contribution in [2.45, 2.75) is 31.9 Å². The molecule has 0 aromatic heterocycles. The van der Waals surface area contributed by atoms with Crippen molar-refractivity contribution in [1.29, 1.82) is 0 Å². The third-order valence-electron chi connectivity index (χ3n) is 2.79. The first kappa shape index (κ1) is 12.4. The zero-order valence-corrected chi connectivity index (χ0v) is 9.19. The lowest BCUT2D eigenvalue weighted by Crippen LogP contribution is -2.51. The number of carboxylic acid groups (broad SMARTS) is 1. The van der Waals surface area contributed by atoms with E-state index < -0.39 is 12.0 Å². The zero-order valence-electron chi connectivity index (χ0n) is 9.19. The second-order valence-corrected chi connectivity index (χ2v) is 3.83. The van der Waals surface area contributed by atoms with Crippen molar-refractivity contribution >= 4 is 5.97 Å². The lowest BCUT2D eigenvalue weighted by molar-refractivity contribution is -0.146. The molecule has 0 spiro atoms. The molecule has 5 heteroatoms. The average molecular weight is 216 g/mol. The quantitative estimate of drug-likeness (QED) is 0.671. The van der Waals surface area contributed by atoms with Gasteiger partial charge < -0.3 is 15.6 Å². The van der Waals surface area contributed by atoms with Crippen LogP contribution in [0.1, 0.15) is 19.8 Å². The van der Waals surface area contributed by atoms with Gasteiger partial charge in [0.1, 0.15) is 6.04 Å². The molecule has 3 N–H and O–H groups in total. The molecule has 0 aromatic rings. The van der Waals surface area contributed by atoms with Crippen LogP contribution in [0.2, 0.25) is 0 Å². The van der Waals surface area contributed by atoms with Crippen LogP contribution in [0.5, 0.6) is 0 Å². The van der Waals surface area contributed by atoms with Gasteiger partial charge in [-0.1, -0.05) is 6.92 Å². The summed E-state index contributed by atoms with van der Waals surface area (Å²) < 4.78 is 5.50. The van der Waals surface area contributed by atoms with Crippen molar-refractivity contribution in [2.24, 2.45) is 5.73 Å². The average Bonchev–Trinajstić information content (AvgIpc) is 2.25. The summed E-state index contributed by atoms with van der Waals surface area (Å²) in [6, 6.07) is -0.451. The highest BCUT2D eigenvalue weighted by atomic mass is 16.5. The van der Waals surface area contributed by atoms with Gasteiger partial charge in [0, 0.05) is 13.1 Å². The van der Waals surface area contributed by atoms with E-state index in [0.717, 1.165) is 6.42 Å². The van der Waals surface area contributed by atoms with Crippen LogP contribution >= 0.6 is 0 Å². The summed E-state index contributed by atoms with van der Waals surface area (Å²) in [4.78, 5) is 13.0. The van der Waals surface area contributed by atoms with Crippen LogP contribution in [-0.2, 0) is 9.53 Å². The molecule has 1 rings (SSSR count). The molecular weight excluding hydrogens is 196 g/mol. The summed E-state index contributed by atoms with van der Waals surface area (Å²) in [5, 5.41) is 9.08. The number of morpholine rings is 1. The fourth-order valence-electron chi connectivity index (χ4n) is 1.89. The van der Waals surface area contributed by atoms with Crippen molar-refractivity contribution < 1.29 is 14.6 Å². The first-order valence-corrected chi connectivity index (χ1v) is 5.47. The third kappa shape index (κ3) is 3.44. The van der Waals surface area contributed by atoms with Gasteiger partial charge in [0.2, 0.25) is 0 Å². The van der Waals surface area contributed by atoms with Gasteiger partial charge in [-0.25, -0.2) is 0 Å². The molecule has 0 radical (unpaired) electrons. The number of hydrogen-bond donors (Lipinski definition) is 2. The number of carboxylic acids is 1. The first-order chi connectivity index (χ1) is 7.19. The molecule has 2 atom stereocenters. The van der Waals surface area contributed by atoms with E-state index in [1.165, 1.54) is 0 Å². The second-order valence-electron chi connectivity index (χ2n) is 3.83. The predicted molar refractivity (Wildman–Crippen MR) is 56.7 cm³/mol. The number of ether oxygens (including phenoxy) is 1. The van der Waals surface area contributed by atoms with Gasteiger partial charge in [0.15, 0.2) is 0 Å². The Bertz CT molecular complexity index is 211. The summed E-state index contributed by atoms with van der Waals surface area (Å²) in [7, 11) is 0. The van der Waals surface area contributed by atoms with E-state index in [4.69, 9.17) is 15.6 Å². The van der Waals surface area contributed by atoms with E-state index in [0.29, 0.717) is 32.7 Å². The van der Waals surface area contributed by atoms with Gasteiger partial charge in [-0.05, 0) is 19.4 Å². The third-order valence-corrected chi connectivity index (χ3v) is 2.79. The van der Waals surface area contributed by atoms with Gasteiger partial charge in [0.05, 0.1) is 12.7 Å². The largest absolute Gasteiger partial charge is 0.480 e. The minimum atomic E-state index is -0.780. The first-order valence-electron chi connectivity index (χ1n) is 5.47. The molecule has 1 saturated heterocycles. The molecule has 15 heavy (non-hydrogen) atoms. The minimum absolute atomic E-state index is 0.165. The standard InChI is InChI=1S/C10H20N2O3/c1-2-8-7-12(5-6-15-8)9(3-4-11)10(13)14/h8-9H,2-7,11H2,1H3,(H,13,14). The van der Waals surface area contributed by atoms with Crippen LogP contribution in [-0.4, -0.2) is 54.4 Å². The Kier molecular flexibility index (Phi) is 5.01. The van der Waals surface area contributed by atoms with Crippen LogP contribution in [0.3, 0.4) is 0 Å². The van der Waals surface area contributed by atoms with Crippen LogP contribution in [0.25, 0.3) is 0 Å². The number of aliphatic carboxylic acids is 1. The second kappa shape index (κ2) is 6.05. The van der Waals surface area contributed by atoms with Gasteiger partial charge in [0.25, 0.3) is 0 Å². The van der Waals surface area contributed by atoms with Gasteiger partial charge in [-0.3, -0.25) is 9.69 Å². The Morgan fingerprint density at radius 3 is 3.00 bits per heavy atom. The molecule has 1 heterocycles. The Labute approximate surface area is 90.2 Å². The lowest BCUT2D eigenvalue weighted by Gasteiger charge is -2.36. The Morgan fingerprint density at radius 2 is 2.47 bits per heavy atom. The van der Waals surface area contributed by atoms with Gasteiger partial charge in [-0.15, -0.1) is 0 Å². The Hall–Kier alpha value is -0.650. The van der Waals surface area contributed by atoms with E-state index in [-0.39, 0.29) is 6.10 Å². The smallest absolute Gasteiger partial charge is 0.320 e. The highest BCUT2D eigenvalue weighted by Gasteiger charge is 2.29. The van der Waals surface area contributed by atoms with Crippen LogP contribution in [0.15, 0.2) is 0 Å². The van der Waals surface area contributed by atoms with E-state index in [9.17, 15) is 4.79 Å².